The number of aromatic amines is 1. The number of fused-ring (bicyclic) bond motifs is 1. The van der Waals surface area contributed by atoms with E-state index in [9.17, 15) is 9.59 Å². The SMILES string of the molecule is Cc1[nH]c2ccccc2c1C(=O)CN1CCC(C(=O)c2ccccc2)CC1. The highest BCUT2D eigenvalue weighted by atomic mass is 16.1. The van der Waals surface area contributed by atoms with Crippen LogP contribution in [0, 0.1) is 12.8 Å². The number of ketones is 2. The van der Waals surface area contributed by atoms with Crippen molar-refractivity contribution in [1.82, 2.24) is 9.88 Å². The Balaban J connectivity index is 1.40. The van der Waals surface area contributed by atoms with Gasteiger partial charge in [-0.05, 0) is 38.9 Å². The van der Waals surface area contributed by atoms with Gasteiger partial charge in [0.05, 0.1) is 6.54 Å². The van der Waals surface area contributed by atoms with Gasteiger partial charge in [-0.25, -0.2) is 0 Å². The summed E-state index contributed by atoms with van der Waals surface area (Å²) in [5.74, 6) is 0.445. The molecule has 0 saturated carbocycles. The van der Waals surface area contributed by atoms with Crippen LogP contribution < -0.4 is 0 Å². The average molecular weight is 360 g/mol. The van der Waals surface area contributed by atoms with Gasteiger partial charge in [-0.2, -0.15) is 0 Å². The van der Waals surface area contributed by atoms with Gasteiger partial charge in [-0.1, -0.05) is 48.5 Å². The van der Waals surface area contributed by atoms with Gasteiger partial charge in [0, 0.05) is 33.6 Å². The van der Waals surface area contributed by atoms with Crippen LogP contribution in [0.1, 0.15) is 39.3 Å². The van der Waals surface area contributed by atoms with Crippen molar-refractivity contribution in [2.45, 2.75) is 19.8 Å². The standard InChI is InChI=1S/C23H24N2O2/c1-16-22(19-9-5-6-10-20(19)24-16)21(26)15-25-13-11-18(12-14-25)23(27)17-7-3-2-4-8-17/h2-10,18,24H,11-15H2,1H3. The number of para-hydroxylation sites is 1. The van der Waals surface area contributed by atoms with Crippen LogP contribution in [0.3, 0.4) is 0 Å². The normalized spacial score (nSPS) is 15.9. The Kier molecular flexibility index (Phi) is 4.90. The molecule has 0 aliphatic carbocycles. The summed E-state index contributed by atoms with van der Waals surface area (Å²) in [6.07, 6.45) is 1.63. The van der Waals surface area contributed by atoms with Crippen LogP contribution in [-0.2, 0) is 0 Å². The summed E-state index contributed by atoms with van der Waals surface area (Å²) < 4.78 is 0. The predicted octanol–water partition coefficient (Wildman–Crippen LogP) is 4.25. The molecular formula is C23H24N2O2. The van der Waals surface area contributed by atoms with Crippen molar-refractivity contribution in [2.24, 2.45) is 5.92 Å². The van der Waals surface area contributed by atoms with Gasteiger partial charge in [0.25, 0.3) is 0 Å². The molecule has 0 unspecified atom stereocenters. The first-order chi connectivity index (χ1) is 13.1. The van der Waals surface area contributed by atoms with Crippen LogP contribution in [0.2, 0.25) is 0 Å². The van der Waals surface area contributed by atoms with E-state index in [4.69, 9.17) is 0 Å². The number of hydrogen-bond donors (Lipinski definition) is 1. The number of nitrogens with one attached hydrogen (secondary N) is 1. The summed E-state index contributed by atoms with van der Waals surface area (Å²) in [7, 11) is 0. The van der Waals surface area contributed by atoms with Crippen molar-refractivity contribution in [3.63, 3.8) is 0 Å². The molecule has 1 N–H and O–H groups in total. The zero-order chi connectivity index (χ0) is 18.8. The summed E-state index contributed by atoms with van der Waals surface area (Å²) in [6.45, 7) is 3.94. The van der Waals surface area contributed by atoms with E-state index in [1.54, 1.807) is 0 Å². The Morgan fingerprint density at radius 1 is 1.00 bits per heavy atom. The number of aryl methyl sites for hydroxylation is 1. The minimum Gasteiger partial charge on any atom is -0.358 e. The number of hydrogen-bond acceptors (Lipinski definition) is 3. The Morgan fingerprint density at radius 2 is 1.67 bits per heavy atom. The van der Waals surface area contributed by atoms with Gasteiger partial charge in [0.1, 0.15) is 0 Å². The van der Waals surface area contributed by atoms with Gasteiger partial charge >= 0.3 is 0 Å². The van der Waals surface area contributed by atoms with Crippen LogP contribution in [0.4, 0.5) is 0 Å². The molecule has 2 heterocycles. The summed E-state index contributed by atoms with van der Waals surface area (Å²) in [6, 6.07) is 17.5. The number of Topliss-reactive ketones (excluding diaryl/α,β-unsaturated/α-hetero) is 2. The van der Waals surface area contributed by atoms with Crippen molar-refractivity contribution < 1.29 is 9.59 Å². The number of benzene rings is 2. The van der Waals surface area contributed by atoms with Crippen LogP contribution in [0.25, 0.3) is 10.9 Å². The van der Waals surface area contributed by atoms with Gasteiger partial charge in [0.15, 0.2) is 11.6 Å². The van der Waals surface area contributed by atoms with Gasteiger partial charge < -0.3 is 4.98 Å². The van der Waals surface area contributed by atoms with Crippen LogP contribution in [0.5, 0.6) is 0 Å². The molecule has 27 heavy (non-hydrogen) atoms. The van der Waals surface area contributed by atoms with E-state index in [2.05, 4.69) is 9.88 Å². The number of likely N-dealkylation sites (tertiary alicyclic amines) is 1. The van der Waals surface area contributed by atoms with Crippen molar-refractivity contribution in [3.8, 4) is 0 Å². The topological polar surface area (TPSA) is 53.2 Å². The molecule has 0 radical (unpaired) electrons. The van der Waals surface area contributed by atoms with E-state index in [0.29, 0.717) is 6.54 Å². The van der Waals surface area contributed by atoms with Crippen molar-refractivity contribution in [3.05, 3.63) is 71.4 Å². The molecular weight excluding hydrogens is 336 g/mol. The van der Waals surface area contributed by atoms with Crippen molar-refractivity contribution in [2.75, 3.05) is 19.6 Å². The molecule has 1 aliphatic rings. The third-order valence-electron chi connectivity index (χ3n) is 5.56. The Hall–Kier alpha value is -2.72. The molecule has 3 aromatic rings. The van der Waals surface area contributed by atoms with E-state index < -0.39 is 0 Å². The largest absolute Gasteiger partial charge is 0.358 e. The van der Waals surface area contributed by atoms with E-state index >= 15 is 0 Å². The van der Waals surface area contributed by atoms with E-state index in [1.165, 1.54) is 0 Å². The quantitative estimate of drug-likeness (QED) is 0.692. The summed E-state index contributed by atoms with van der Waals surface area (Å²) in [4.78, 5) is 31.0. The minimum absolute atomic E-state index is 0.0635. The molecule has 138 valence electrons. The second-order valence-corrected chi connectivity index (χ2v) is 7.37. The van der Waals surface area contributed by atoms with Gasteiger partial charge in [-0.3, -0.25) is 14.5 Å². The average Bonchev–Trinajstić information content (AvgIpc) is 3.04. The minimum atomic E-state index is 0.0635. The van der Waals surface area contributed by atoms with Crippen LogP contribution >= 0.6 is 0 Å². The maximum atomic E-state index is 12.9. The fourth-order valence-corrected chi connectivity index (χ4v) is 4.11. The zero-order valence-electron chi connectivity index (χ0n) is 15.6. The van der Waals surface area contributed by atoms with E-state index in [-0.39, 0.29) is 17.5 Å². The number of carbonyl (C=O) groups excluding carboxylic acids is 2. The monoisotopic (exact) mass is 360 g/mol. The van der Waals surface area contributed by atoms with Crippen LogP contribution in [0.15, 0.2) is 54.6 Å². The number of H-pyrrole nitrogens is 1. The number of rotatable bonds is 5. The molecule has 0 atom stereocenters. The van der Waals surface area contributed by atoms with Crippen LogP contribution in [-0.4, -0.2) is 41.1 Å². The lowest BCUT2D eigenvalue weighted by Crippen LogP contribution is -2.39. The first-order valence-electron chi connectivity index (χ1n) is 9.55. The lowest BCUT2D eigenvalue weighted by atomic mass is 9.88. The molecule has 0 bridgehead atoms. The number of nitrogens with zero attached hydrogens (tertiary/aromatic N) is 1. The maximum absolute atomic E-state index is 12.9. The third kappa shape index (κ3) is 3.58. The Labute approximate surface area is 159 Å². The fourth-order valence-electron chi connectivity index (χ4n) is 4.11. The van der Waals surface area contributed by atoms with Gasteiger partial charge in [0.2, 0.25) is 0 Å². The highest BCUT2D eigenvalue weighted by molar-refractivity contribution is 6.10. The van der Waals surface area contributed by atoms with Crippen molar-refractivity contribution >= 4 is 22.5 Å². The highest BCUT2D eigenvalue weighted by Gasteiger charge is 2.27. The first kappa shape index (κ1) is 17.7. The first-order valence-corrected chi connectivity index (χ1v) is 9.55. The molecule has 4 heteroatoms. The predicted molar refractivity (Wildman–Crippen MR) is 107 cm³/mol. The lowest BCUT2D eigenvalue weighted by molar-refractivity contribution is 0.0806. The molecule has 4 nitrogen and oxygen atoms in total. The molecule has 1 fully saturated rings. The summed E-state index contributed by atoms with van der Waals surface area (Å²) in [5, 5.41) is 0.995. The molecule has 2 aromatic carbocycles. The fraction of sp³-hybridized carbons (Fsp3) is 0.304. The zero-order valence-corrected chi connectivity index (χ0v) is 15.6. The van der Waals surface area contributed by atoms with Gasteiger partial charge in [-0.15, -0.1) is 0 Å². The van der Waals surface area contributed by atoms with E-state index in [0.717, 1.165) is 53.7 Å². The summed E-state index contributed by atoms with van der Waals surface area (Å²) in [5.41, 5.74) is 3.52. The lowest BCUT2D eigenvalue weighted by Gasteiger charge is -2.30. The maximum Gasteiger partial charge on any atom is 0.179 e. The summed E-state index contributed by atoms with van der Waals surface area (Å²) >= 11 is 0. The van der Waals surface area contributed by atoms with E-state index in [1.807, 2.05) is 61.5 Å². The third-order valence-corrected chi connectivity index (χ3v) is 5.56. The van der Waals surface area contributed by atoms with Crippen molar-refractivity contribution in [1.29, 1.82) is 0 Å². The second-order valence-electron chi connectivity index (χ2n) is 7.37. The number of aromatic nitrogens is 1. The number of piperidine rings is 1. The molecule has 4 rings (SSSR count). The molecule has 1 aromatic heterocycles. The Morgan fingerprint density at radius 3 is 2.41 bits per heavy atom. The molecule has 1 aliphatic heterocycles. The molecule has 0 amide bonds. The smallest absolute Gasteiger partial charge is 0.179 e. The second kappa shape index (κ2) is 7.49. The molecule has 0 spiro atoms. The highest BCUT2D eigenvalue weighted by Crippen LogP contribution is 2.25. The Bertz CT molecular complexity index is 966. The molecule has 1 saturated heterocycles. The number of carbonyl (C=O) groups is 2.